The van der Waals surface area contributed by atoms with E-state index in [1.165, 1.54) is 32.2 Å². The molecule has 1 atom stereocenters. The highest BCUT2D eigenvalue weighted by Gasteiger charge is 2.30. The molecular weight excluding hydrogens is 378 g/mol. The highest BCUT2D eigenvalue weighted by molar-refractivity contribution is 5.98. The molecule has 0 saturated heterocycles. The van der Waals surface area contributed by atoms with Crippen LogP contribution in [0.15, 0.2) is 24.3 Å². The van der Waals surface area contributed by atoms with Crippen molar-refractivity contribution in [1.29, 1.82) is 0 Å². The van der Waals surface area contributed by atoms with Crippen LogP contribution in [0.2, 0.25) is 0 Å². The molecule has 9 nitrogen and oxygen atoms in total. The van der Waals surface area contributed by atoms with Crippen LogP contribution in [0.4, 0.5) is 11.4 Å². The van der Waals surface area contributed by atoms with E-state index < -0.39 is 22.9 Å². The Morgan fingerprint density at radius 1 is 1.28 bits per heavy atom. The van der Waals surface area contributed by atoms with Gasteiger partial charge in [-0.1, -0.05) is 0 Å². The van der Waals surface area contributed by atoms with Crippen molar-refractivity contribution in [3.63, 3.8) is 0 Å². The second kappa shape index (κ2) is 7.94. The molecule has 2 aromatic rings. The monoisotopic (exact) mass is 401 g/mol. The molecule has 1 aliphatic carbocycles. The molecule has 1 heterocycles. The van der Waals surface area contributed by atoms with E-state index in [2.05, 4.69) is 9.88 Å². The predicted molar refractivity (Wildman–Crippen MR) is 105 cm³/mol. The molecule has 1 saturated carbocycles. The van der Waals surface area contributed by atoms with Gasteiger partial charge in [-0.25, -0.2) is 4.79 Å². The zero-order valence-electron chi connectivity index (χ0n) is 16.7. The number of esters is 1. The van der Waals surface area contributed by atoms with E-state index in [9.17, 15) is 19.7 Å². The van der Waals surface area contributed by atoms with Crippen molar-refractivity contribution in [2.45, 2.75) is 45.8 Å². The first-order valence-corrected chi connectivity index (χ1v) is 9.25. The largest absolute Gasteiger partial charge is 0.494 e. The van der Waals surface area contributed by atoms with Gasteiger partial charge in [0.15, 0.2) is 6.10 Å². The third-order valence-electron chi connectivity index (χ3n) is 4.92. The Bertz CT molecular complexity index is 977. The number of non-ortho nitro benzene ring substituents is 1. The van der Waals surface area contributed by atoms with E-state index in [1.807, 2.05) is 13.8 Å². The van der Waals surface area contributed by atoms with Crippen molar-refractivity contribution in [3.05, 3.63) is 51.3 Å². The molecule has 1 fully saturated rings. The van der Waals surface area contributed by atoms with Gasteiger partial charge in [-0.15, -0.1) is 0 Å². The summed E-state index contributed by atoms with van der Waals surface area (Å²) in [5.41, 5.74) is 2.36. The topological polar surface area (TPSA) is 113 Å². The van der Waals surface area contributed by atoms with E-state index in [1.54, 1.807) is 6.07 Å². The number of nitrogens with zero attached hydrogens (tertiary/aromatic N) is 2. The van der Waals surface area contributed by atoms with E-state index in [4.69, 9.17) is 9.47 Å². The third kappa shape index (κ3) is 4.23. The lowest BCUT2D eigenvalue weighted by atomic mass is 10.2. The third-order valence-corrected chi connectivity index (χ3v) is 4.92. The van der Waals surface area contributed by atoms with Crippen LogP contribution in [0.25, 0.3) is 0 Å². The Balaban J connectivity index is 1.69. The highest BCUT2D eigenvalue weighted by atomic mass is 16.6. The number of hydrogen-bond donors (Lipinski definition) is 1. The van der Waals surface area contributed by atoms with Gasteiger partial charge in [0.05, 0.1) is 29.4 Å². The molecule has 1 N–H and O–H groups in total. The molecule has 0 aliphatic heterocycles. The molecule has 0 radical (unpaired) electrons. The summed E-state index contributed by atoms with van der Waals surface area (Å²) in [6, 6.07) is 6.04. The first kappa shape index (κ1) is 20.4. The summed E-state index contributed by atoms with van der Waals surface area (Å²) in [4.78, 5) is 35.3. The standard InChI is InChI=1S/C20H23N3O6/c1-11-9-16(12(2)22(11)14-5-6-14)20(25)29-13(3)19(24)21-17-8-7-15(23(26)27)10-18(17)28-4/h7-10,13-14H,5-6H2,1-4H3,(H,21,24)/t13-/m1/s1. The van der Waals surface area contributed by atoms with Gasteiger partial charge in [0.2, 0.25) is 0 Å². The number of anilines is 1. The summed E-state index contributed by atoms with van der Waals surface area (Å²) in [5.74, 6) is -0.996. The predicted octanol–water partition coefficient (Wildman–Crippen LogP) is 3.54. The van der Waals surface area contributed by atoms with E-state index in [0.29, 0.717) is 11.6 Å². The van der Waals surface area contributed by atoms with Crippen LogP contribution >= 0.6 is 0 Å². The maximum atomic E-state index is 12.6. The Labute approximate surface area is 167 Å². The van der Waals surface area contributed by atoms with Crippen molar-refractivity contribution in [1.82, 2.24) is 4.57 Å². The Morgan fingerprint density at radius 2 is 1.97 bits per heavy atom. The summed E-state index contributed by atoms with van der Waals surface area (Å²) >= 11 is 0. The van der Waals surface area contributed by atoms with Gasteiger partial charge in [0, 0.05) is 23.5 Å². The number of ether oxygens (including phenoxy) is 2. The van der Waals surface area contributed by atoms with Gasteiger partial charge in [0.1, 0.15) is 5.75 Å². The number of aryl methyl sites for hydroxylation is 1. The van der Waals surface area contributed by atoms with Crippen molar-refractivity contribution < 1.29 is 24.0 Å². The molecule has 154 valence electrons. The fourth-order valence-corrected chi connectivity index (χ4v) is 3.29. The minimum atomic E-state index is -1.06. The number of amides is 1. The van der Waals surface area contributed by atoms with Gasteiger partial charge in [0.25, 0.3) is 11.6 Å². The van der Waals surface area contributed by atoms with Crippen molar-refractivity contribution in [2.24, 2.45) is 0 Å². The second-order valence-corrected chi connectivity index (χ2v) is 7.06. The highest BCUT2D eigenvalue weighted by Crippen LogP contribution is 2.38. The van der Waals surface area contributed by atoms with Crippen LogP contribution in [-0.4, -0.2) is 34.6 Å². The Morgan fingerprint density at radius 3 is 2.55 bits per heavy atom. The molecule has 1 aromatic carbocycles. The number of aromatic nitrogens is 1. The SMILES string of the molecule is COc1cc([N+](=O)[O-])ccc1NC(=O)[C@@H](C)OC(=O)c1cc(C)n(C2CC2)c1C. The van der Waals surface area contributed by atoms with Crippen LogP contribution in [-0.2, 0) is 9.53 Å². The van der Waals surface area contributed by atoms with Crippen LogP contribution < -0.4 is 10.1 Å². The summed E-state index contributed by atoms with van der Waals surface area (Å²) in [6.07, 6.45) is 1.13. The minimum absolute atomic E-state index is 0.138. The van der Waals surface area contributed by atoms with Gasteiger partial charge in [-0.05, 0) is 45.7 Å². The first-order valence-electron chi connectivity index (χ1n) is 9.25. The lowest BCUT2D eigenvalue weighted by Crippen LogP contribution is -2.30. The average Bonchev–Trinajstić information content (AvgIpc) is 3.46. The molecule has 0 spiro atoms. The number of carbonyl (C=O) groups is 2. The number of hydrogen-bond acceptors (Lipinski definition) is 6. The lowest BCUT2D eigenvalue weighted by Gasteiger charge is -2.15. The minimum Gasteiger partial charge on any atom is -0.494 e. The molecule has 1 amide bonds. The maximum Gasteiger partial charge on any atom is 0.340 e. The fraction of sp³-hybridized carbons (Fsp3) is 0.400. The second-order valence-electron chi connectivity index (χ2n) is 7.06. The molecule has 3 rings (SSSR count). The van der Waals surface area contributed by atoms with Crippen molar-refractivity contribution in [2.75, 3.05) is 12.4 Å². The molecule has 29 heavy (non-hydrogen) atoms. The smallest absolute Gasteiger partial charge is 0.340 e. The number of benzene rings is 1. The van der Waals surface area contributed by atoms with Crippen molar-refractivity contribution >= 4 is 23.3 Å². The van der Waals surface area contributed by atoms with Crippen LogP contribution in [0.1, 0.15) is 47.6 Å². The van der Waals surface area contributed by atoms with E-state index in [0.717, 1.165) is 24.2 Å². The van der Waals surface area contributed by atoms with E-state index >= 15 is 0 Å². The quantitative estimate of drug-likeness (QED) is 0.431. The average molecular weight is 401 g/mol. The number of nitro benzene ring substituents is 1. The summed E-state index contributed by atoms with van der Waals surface area (Å²) < 4.78 is 12.6. The molecule has 0 bridgehead atoms. The molecule has 9 heteroatoms. The lowest BCUT2D eigenvalue weighted by molar-refractivity contribution is -0.384. The maximum absolute atomic E-state index is 12.6. The van der Waals surface area contributed by atoms with E-state index in [-0.39, 0.29) is 17.1 Å². The van der Waals surface area contributed by atoms with Gasteiger partial charge in [-0.3, -0.25) is 14.9 Å². The Hall–Kier alpha value is -3.36. The fourth-order valence-electron chi connectivity index (χ4n) is 3.29. The normalized spacial score (nSPS) is 14.2. The van der Waals surface area contributed by atoms with Crippen LogP contribution in [0, 0.1) is 24.0 Å². The van der Waals surface area contributed by atoms with Crippen LogP contribution in [0.5, 0.6) is 5.75 Å². The zero-order valence-corrected chi connectivity index (χ0v) is 16.7. The summed E-state index contributed by atoms with van der Waals surface area (Å²) in [7, 11) is 1.34. The van der Waals surface area contributed by atoms with Crippen molar-refractivity contribution in [3.8, 4) is 5.75 Å². The van der Waals surface area contributed by atoms with Gasteiger partial charge >= 0.3 is 5.97 Å². The first-order chi connectivity index (χ1) is 13.7. The number of rotatable bonds is 7. The molecular formula is C20H23N3O6. The summed E-state index contributed by atoms with van der Waals surface area (Å²) in [6.45, 7) is 5.28. The van der Waals surface area contributed by atoms with Gasteiger partial charge in [-0.2, -0.15) is 0 Å². The van der Waals surface area contributed by atoms with Gasteiger partial charge < -0.3 is 19.4 Å². The molecule has 1 aromatic heterocycles. The zero-order chi connectivity index (χ0) is 21.3. The molecule has 0 unspecified atom stereocenters. The number of nitrogens with one attached hydrogen (secondary N) is 1. The van der Waals surface area contributed by atoms with Crippen LogP contribution in [0.3, 0.4) is 0 Å². The number of methoxy groups -OCH3 is 1. The number of carbonyl (C=O) groups excluding carboxylic acids is 2. The Kier molecular flexibility index (Phi) is 5.58. The molecule has 1 aliphatic rings. The number of nitro groups is 1. The summed E-state index contributed by atoms with van der Waals surface area (Å²) in [5, 5.41) is 13.4.